The largest absolute Gasteiger partial charge is 0.325 e. The molecule has 0 aliphatic heterocycles. The van der Waals surface area contributed by atoms with Crippen LogP contribution in [0, 0.1) is 5.82 Å². The van der Waals surface area contributed by atoms with E-state index in [9.17, 15) is 9.18 Å². The number of carbonyl (C=O) groups excluding carboxylic acids is 1. The highest BCUT2D eigenvalue weighted by Gasteiger charge is 2.03. The molecule has 0 aromatic heterocycles. The Kier molecular flexibility index (Phi) is 4.98. The zero-order valence-electron chi connectivity index (χ0n) is 10.3. The molecule has 0 aliphatic carbocycles. The predicted octanol–water partition coefficient (Wildman–Crippen LogP) is 3.70. The minimum absolute atomic E-state index is 0.0764. The Balaban J connectivity index is 1.74. The Bertz CT molecular complexity index is 528. The first kappa shape index (κ1) is 13.6. The Labute approximate surface area is 116 Å². The first-order chi connectivity index (χ1) is 9.24. The molecule has 0 bridgehead atoms. The van der Waals surface area contributed by atoms with Gasteiger partial charge in [-0.25, -0.2) is 4.39 Å². The second-order valence-corrected chi connectivity index (χ2v) is 5.02. The highest BCUT2D eigenvalue weighted by molar-refractivity contribution is 7.99. The molecule has 0 aliphatic rings. The number of rotatable bonds is 5. The van der Waals surface area contributed by atoms with Gasteiger partial charge in [-0.1, -0.05) is 30.3 Å². The highest BCUT2D eigenvalue weighted by Crippen LogP contribution is 2.13. The summed E-state index contributed by atoms with van der Waals surface area (Å²) in [6, 6.07) is 15.7. The third-order valence-electron chi connectivity index (χ3n) is 2.47. The molecule has 1 N–H and O–H groups in total. The van der Waals surface area contributed by atoms with Gasteiger partial charge in [0.05, 0.1) is 5.75 Å². The van der Waals surface area contributed by atoms with Crippen LogP contribution in [-0.2, 0) is 10.5 Å². The van der Waals surface area contributed by atoms with Crippen molar-refractivity contribution in [3.8, 4) is 0 Å². The van der Waals surface area contributed by atoms with Crippen LogP contribution in [0.25, 0.3) is 0 Å². The molecule has 1 amide bonds. The fourth-order valence-corrected chi connectivity index (χ4v) is 2.35. The summed E-state index contributed by atoms with van der Waals surface area (Å²) in [5, 5.41) is 2.73. The van der Waals surface area contributed by atoms with Gasteiger partial charge in [-0.3, -0.25) is 4.79 Å². The molecular weight excluding hydrogens is 261 g/mol. The van der Waals surface area contributed by atoms with Gasteiger partial charge in [0, 0.05) is 11.4 Å². The number of amides is 1. The van der Waals surface area contributed by atoms with Crippen LogP contribution in [0.3, 0.4) is 0 Å². The van der Waals surface area contributed by atoms with E-state index >= 15 is 0 Å². The van der Waals surface area contributed by atoms with Crippen LogP contribution in [-0.4, -0.2) is 11.7 Å². The number of halogens is 1. The lowest BCUT2D eigenvalue weighted by Crippen LogP contribution is -2.14. The summed E-state index contributed by atoms with van der Waals surface area (Å²) in [7, 11) is 0. The van der Waals surface area contributed by atoms with Crippen LogP contribution in [0.5, 0.6) is 0 Å². The van der Waals surface area contributed by atoms with Gasteiger partial charge < -0.3 is 5.32 Å². The van der Waals surface area contributed by atoms with Crippen LogP contribution in [0.4, 0.5) is 10.1 Å². The molecule has 0 saturated heterocycles. The maximum atomic E-state index is 12.7. The fraction of sp³-hybridized carbons (Fsp3) is 0.133. The molecule has 19 heavy (non-hydrogen) atoms. The second kappa shape index (κ2) is 6.95. The van der Waals surface area contributed by atoms with Gasteiger partial charge in [-0.15, -0.1) is 11.8 Å². The molecule has 2 rings (SSSR count). The van der Waals surface area contributed by atoms with E-state index in [-0.39, 0.29) is 11.7 Å². The third kappa shape index (κ3) is 4.75. The van der Waals surface area contributed by atoms with Crippen LogP contribution < -0.4 is 5.32 Å². The Hall–Kier alpha value is -1.81. The minimum atomic E-state index is -0.309. The van der Waals surface area contributed by atoms with Gasteiger partial charge >= 0.3 is 0 Å². The Morgan fingerprint density at radius 3 is 2.42 bits per heavy atom. The third-order valence-corrected chi connectivity index (χ3v) is 3.48. The molecule has 0 radical (unpaired) electrons. The summed E-state index contributed by atoms with van der Waals surface area (Å²) < 4.78 is 12.7. The summed E-state index contributed by atoms with van der Waals surface area (Å²) in [5.74, 6) is 0.799. The van der Waals surface area contributed by atoms with E-state index in [4.69, 9.17) is 0 Å². The molecule has 98 valence electrons. The van der Waals surface area contributed by atoms with Crippen molar-refractivity contribution in [1.82, 2.24) is 0 Å². The maximum absolute atomic E-state index is 12.7. The van der Waals surface area contributed by atoms with Crippen molar-refractivity contribution < 1.29 is 9.18 Å². The number of hydrogen-bond acceptors (Lipinski definition) is 2. The monoisotopic (exact) mass is 275 g/mol. The number of nitrogens with one attached hydrogen (secondary N) is 1. The minimum Gasteiger partial charge on any atom is -0.325 e. The van der Waals surface area contributed by atoms with E-state index in [1.54, 1.807) is 23.9 Å². The average Bonchev–Trinajstić information content (AvgIpc) is 2.43. The normalized spacial score (nSPS) is 10.2. The quantitative estimate of drug-likeness (QED) is 0.901. The van der Waals surface area contributed by atoms with Gasteiger partial charge in [0.15, 0.2) is 0 Å². The number of anilines is 1. The van der Waals surface area contributed by atoms with E-state index in [1.807, 2.05) is 30.3 Å². The molecule has 0 spiro atoms. The smallest absolute Gasteiger partial charge is 0.234 e. The van der Waals surface area contributed by atoms with Crippen LogP contribution in [0.15, 0.2) is 54.6 Å². The van der Waals surface area contributed by atoms with E-state index in [0.29, 0.717) is 11.4 Å². The summed E-state index contributed by atoms with van der Waals surface area (Å²) in [5.41, 5.74) is 1.81. The van der Waals surface area contributed by atoms with Crippen molar-refractivity contribution in [1.29, 1.82) is 0 Å². The van der Waals surface area contributed by atoms with Gasteiger partial charge in [0.2, 0.25) is 5.91 Å². The van der Waals surface area contributed by atoms with Crippen molar-refractivity contribution in [2.24, 2.45) is 0 Å². The van der Waals surface area contributed by atoms with E-state index in [2.05, 4.69) is 5.32 Å². The second-order valence-electron chi connectivity index (χ2n) is 4.03. The molecule has 2 aromatic carbocycles. The molecule has 0 fully saturated rings. The zero-order chi connectivity index (χ0) is 13.5. The van der Waals surface area contributed by atoms with Crippen LogP contribution in [0.2, 0.25) is 0 Å². The summed E-state index contributed by atoms with van der Waals surface area (Å²) in [6.07, 6.45) is 0. The fourth-order valence-electron chi connectivity index (χ4n) is 1.57. The van der Waals surface area contributed by atoms with E-state index < -0.39 is 0 Å². The van der Waals surface area contributed by atoms with E-state index in [0.717, 1.165) is 5.75 Å². The average molecular weight is 275 g/mol. The predicted molar refractivity (Wildman–Crippen MR) is 77.6 cm³/mol. The molecule has 0 unspecified atom stereocenters. The number of hydrogen-bond donors (Lipinski definition) is 1. The number of thioether (sulfide) groups is 1. The molecule has 0 heterocycles. The number of benzene rings is 2. The Morgan fingerprint density at radius 2 is 1.74 bits per heavy atom. The lowest BCUT2D eigenvalue weighted by atomic mass is 10.2. The number of carbonyl (C=O) groups is 1. The molecule has 4 heteroatoms. The van der Waals surface area contributed by atoms with Crippen molar-refractivity contribution in [3.05, 3.63) is 66.0 Å². The molecule has 0 saturated carbocycles. The van der Waals surface area contributed by atoms with Crippen LogP contribution in [0.1, 0.15) is 5.56 Å². The molecule has 0 atom stereocenters. The standard InChI is InChI=1S/C15H14FNOS/c16-13-6-8-14(9-7-13)17-15(18)11-19-10-12-4-2-1-3-5-12/h1-9H,10-11H2,(H,17,18). The molecule has 2 nitrogen and oxygen atoms in total. The van der Waals surface area contributed by atoms with Gasteiger partial charge in [-0.2, -0.15) is 0 Å². The Morgan fingerprint density at radius 1 is 1.05 bits per heavy atom. The molecule has 2 aromatic rings. The van der Waals surface area contributed by atoms with Crippen molar-refractivity contribution in [2.75, 3.05) is 11.1 Å². The van der Waals surface area contributed by atoms with Crippen LogP contribution >= 0.6 is 11.8 Å². The lowest BCUT2D eigenvalue weighted by Gasteiger charge is -2.05. The zero-order valence-corrected chi connectivity index (χ0v) is 11.1. The first-order valence-corrected chi connectivity index (χ1v) is 7.06. The summed E-state index contributed by atoms with van der Waals surface area (Å²) in [6.45, 7) is 0. The van der Waals surface area contributed by atoms with Crippen molar-refractivity contribution in [3.63, 3.8) is 0 Å². The highest BCUT2D eigenvalue weighted by atomic mass is 32.2. The maximum Gasteiger partial charge on any atom is 0.234 e. The summed E-state index contributed by atoms with van der Waals surface area (Å²) in [4.78, 5) is 11.7. The molecular formula is C15H14FNOS. The summed E-state index contributed by atoms with van der Waals surface area (Å²) >= 11 is 1.55. The van der Waals surface area contributed by atoms with Gasteiger partial charge in [0.25, 0.3) is 0 Å². The topological polar surface area (TPSA) is 29.1 Å². The van der Waals surface area contributed by atoms with E-state index in [1.165, 1.54) is 17.7 Å². The van der Waals surface area contributed by atoms with Gasteiger partial charge in [0.1, 0.15) is 5.82 Å². The SMILES string of the molecule is O=C(CSCc1ccccc1)Nc1ccc(F)cc1. The lowest BCUT2D eigenvalue weighted by molar-refractivity contribution is -0.113. The first-order valence-electron chi connectivity index (χ1n) is 5.91. The van der Waals surface area contributed by atoms with Crippen molar-refractivity contribution >= 4 is 23.4 Å². The van der Waals surface area contributed by atoms with Gasteiger partial charge in [-0.05, 0) is 29.8 Å². The van der Waals surface area contributed by atoms with Crippen molar-refractivity contribution in [2.45, 2.75) is 5.75 Å².